The van der Waals surface area contributed by atoms with E-state index in [0.29, 0.717) is 18.7 Å². The van der Waals surface area contributed by atoms with Crippen LogP contribution >= 0.6 is 0 Å². The molecule has 2 aromatic carbocycles. The van der Waals surface area contributed by atoms with Crippen LogP contribution in [-0.4, -0.2) is 51.5 Å². The number of nitrogens with one attached hydrogen (secondary N) is 2. The number of guanidine groups is 1. The van der Waals surface area contributed by atoms with Gasteiger partial charge in [-0.3, -0.25) is 4.79 Å². The Morgan fingerprint density at radius 2 is 1.50 bits per heavy atom. The quantitative estimate of drug-likeness (QED) is 0.572. The Morgan fingerprint density at radius 1 is 0.893 bits per heavy atom. The molecular weight excluding hydrogens is 350 g/mol. The first kappa shape index (κ1) is 21.3. The fourth-order valence-corrected chi connectivity index (χ4v) is 2.62. The van der Waals surface area contributed by atoms with Gasteiger partial charge in [-0.25, -0.2) is 4.99 Å². The van der Waals surface area contributed by atoms with Crippen LogP contribution in [-0.2, 0) is 13.1 Å². The number of amides is 1. The molecule has 0 atom stereocenters. The number of rotatable bonds is 7. The summed E-state index contributed by atoms with van der Waals surface area (Å²) in [5.41, 5.74) is 4.12. The highest BCUT2D eigenvalue weighted by atomic mass is 16.2. The van der Waals surface area contributed by atoms with E-state index >= 15 is 0 Å². The predicted octanol–water partition coefficient (Wildman–Crippen LogP) is 2.71. The van der Waals surface area contributed by atoms with E-state index in [0.717, 1.165) is 23.6 Å². The van der Waals surface area contributed by atoms with Crippen molar-refractivity contribution in [3.05, 3.63) is 65.2 Å². The van der Waals surface area contributed by atoms with Gasteiger partial charge in [-0.05, 0) is 42.3 Å². The number of anilines is 1. The molecule has 1 amide bonds. The minimum atomic E-state index is 0.00898. The lowest BCUT2D eigenvalue weighted by atomic mass is 10.1. The smallest absolute Gasteiger partial charge is 0.253 e. The minimum absolute atomic E-state index is 0.00898. The van der Waals surface area contributed by atoms with Gasteiger partial charge in [0, 0.05) is 52.5 Å². The average Bonchev–Trinajstić information content (AvgIpc) is 2.70. The maximum Gasteiger partial charge on any atom is 0.253 e. The lowest BCUT2D eigenvalue weighted by Crippen LogP contribution is -2.36. The molecule has 0 saturated heterocycles. The van der Waals surface area contributed by atoms with Crippen molar-refractivity contribution in [1.29, 1.82) is 0 Å². The third-order valence-corrected chi connectivity index (χ3v) is 4.28. The molecular formula is C22H31N5O. The summed E-state index contributed by atoms with van der Waals surface area (Å²) in [4.78, 5) is 20.3. The Balaban J connectivity index is 1.96. The van der Waals surface area contributed by atoms with Crippen LogP contribution in [0.3, 0.4) is 0 Å². The molecule has 0 heterocycles. The summed E-state index contributed by atoms with van der Waals surface area (Å²) < 4.78 is 0. The topological polar surface area (TPSA) is 60.0 Å². The van der Waals surface area contributed by atoms with Crippen LogP contribution in [0.2, 0.25) is 0 Å². The molecule has 28 heavy (non-hydrogen) atoms. The van der Waals surface area contributed by atoms with Crippen LogP contribution < -0.4 is 15.5 Å². The second-order valence-corrected chi connectivity index (χ2v) is 7.01. The summed E-state index contributed by atoms with van der Waals surface area (Å²) in [6, 6.07) is 16.0. The first-order chi connectivity index (χ1) is 13.4. The van der Waals surface area contributed by atoms with Crippen molar-refractivity contribution in [2.75, 3.05) is 39.6 Å². The van der Waals surface area contributed by atoms with E-state index in [2.05, 4.69) is 44.8 Å². The molecule has 6 nitrogen and oxygen atoms in total. The van der Waals surface area contributed by atoms with Gasteiger partial charge in [0.15, 0.2) is 5.96 Å². The molecule has 2 rings (SSSR count). The van der Waals surface area contributed by atoms with Crippen LogP contribution in [0.5, 0.6) is 0 Å². The van der Waals surface area contributed by atoms with E-state index in [4.69, 9.17) is 0 Å². The Morgan fingerprint density at radius 3 is 2.04 bits per heavy atom. The number of aliphatic imine (C=N–C) groups is 1. The van der Waals surface area contributed by atoms with Crippen molar-refractivity contribution >= 4 is 17.6 Å². The minimum Gasteiger partial charge on any atom is -0.378 e. The second kappa shape index (κ2) is 10.3. The summed E-state index contributed by atoms with van der Waals surface area (Å²) in [5.74, 6) is 0.780. The number of carbonyl (C=O) groups is 1. The summed E-state index contributed by atoms with van der Waals surface area (Å²) in [7, 11) is 7.57. The van der Waals surface area contributed by atoms with Crippen LogP contribution in [0.4, 0.5) is 5.69 Å². The zero-order valence-electron chi connectivity index (χ0n) is 17.5. The first-order valence-corrected chi connectivity index (χ1v) is 9.49. The van der Waals surface area contributed by atoms with E-state index in [9.17, 15) is 4.79 Å². The number of nitrogens with zero attached hydrogens (tertiary/aromatic N) is 3. The van der Waals surface area contributed by atoms with Crippen molar-refractivity contribution in [1.82, 2.24) is 15.5 Å². The van der Waals surface area contributed by atoms with Gasteiger partial charge >= 0.3 is 0 Å². The van der Waals surface area contributed by atoms with E-state index < -0.39 is 0 Å². The molecule has 0 radical (unpaired) electrons. The molecule has 150 valence electrons. The Labute approximate surface area is 168 Å². The van der Waals surface area contributed by atoms with E-state index in [1.807, 2.05) is 45.3 Å². The molecule has 0 aliphatic rings. The molecule has 0 fully saturated rings. The average molecular weight is 382 g/mol. The maximum atomic E-state index is 12.0. The largest absolute Gasteiger partial charge is 0.378 e. The van der Waals surface area contributed by atoms with Gasteiger partial charge in [0.05, 0.1) is 6.54 Å². The molecule has 6 heteroatoms. The van der Waals surface area contributed by atoms with Gasteiger partial charge < -0.3 is 20.4 Å². The van der Waals surface area contributed by atoms with Gasteiger partial charge in [-0.2, -0.15) is 0 Å². The van der Waals surface area contributed by atoms with E-state index in [1.54, 1.807) is 19.0 Å². The normalized spacial score (nSPS) is 11.1. The molecule has 0 unspecified atom stereocenters. The Hall–Kier alpha value is -3.02. The molecule has 0 saturated carbocycles. The highest BCUT2D eigenvalue weighted by Gasteiger charge is 2.07. The van der Waals surface area contributed by atoms with Gasteiger partial charge in [0.2, 0.25) is 0 Å². The summed E-state index contributed by atoms with van der Waals surface area (Å²) in [5, 5.41) is 6.61. The van der Waals surface area contributed by atoms with Crippen LogP contribution in [0.1, 0.15) is 28.4 Å². The van der Waals surface area contributed by atoms with E-state index in [1.165, 1.54) is 5.69 Å². The maximum absolute atomic E-state index is 12.0. The van der Waals surface area contributed by atoms with Crippen molar-refractivity contribution in [3.63, 3.8) is 0 Å². The lowest BCUT2D eigenvalue weighted by molar-refractivity contribution is 0.0827. The van der Waals surface area contributed by atoms with Gasteiger partial charge in [0.1, 0.15) is 0 Å². The first-order valence-electron chi connectivity index (χ1n) is 9.49. The second-order valence-electron chi connectivity index (χ2n) is 7.01. The Kier molecular flexibility index (Phi) is 7.87. The molecule has 0 aliphatic carbocycles. The zero-order chi connectivity index (χ0) is 20.5. The Bertz CT molecular complexity index is 780. The SMILES string of the molecule is CCNC(=NCc1ccc(N(C)C)cc1)NCc1ccc(C(=O)N(C)C)cc1. The molecule has 2 aromatic rings. The predicted molar refractivity (Wildman–Crippen MR) is 117 cm³/mol. The van der Waals surface area contributed by atoms with Crippen LogP contribution in [0.15, 0.2) is 53.5 Å². The summed E-state index contributed by atoms with van der Waals surface area (Å²) in [6.45, 7) is 4.09. The summed E-state index contributed by atoms with van der Waals surface area (Å²) >= 11 is 0. The monoisotopic (exact) mass is 381 g/mol. The molecule has 0 aliphatic heterocycles. The van der Waals surface area contributed by atoms with Crippen LogP contribution in [0.25, 0.3) is 0 Å². The van der Waals surface area contributed by atoms with Crippen molar-refractivity contribution < 1.29 is 4.79 Å². The van der Waals surface area contributed by atoms with Crippen LogP contribution in [0, 0.1) is 0 Å². The molecule has 0 spiro atoms. The van der Waals surface area contributed by atoms with Gasteiger partial charge in [0.25, 0.3) is 5.91 Å². The highest BCUT2D eigenvalue weighted by Crippen LogP contribution is 2.12. The number of carbonyl (C=O) groups excluding carboxylic acids is 1. The standard InChI is InChI=1S/C22H31N5O/c1-6-23-22(25-16-18-9-13-20(14-10-18)26(2)3)24-15-17-7-11-19(12-8-17)21(28)27(4)5/h7-14H,6,15-16H2,1-5H3,(H2,23,24,25). The molecule has 2 N–H and O–H groups in total. The fourth-order valence-electron chi connectivity index (χ4n) is 2.62. The third kappa shape index (κ3) is 6.30. The van der Waals surface area contributed by atoms with E-state index in [-0.39, 0.29) is 5.91 Å². The summed E-state index contributed by atoms with van der Waals surface area (Å²) in [6.07, 6.45) is 0. The number of hydrogen-bond donors (Lipinski definition) is 2. The van der Waals surface area contributed by atoms with Gasteiger partial charge in [-0.1, -0.05) is 24.3 Å². The molecule has 0 bridgehead atoms. The third-order valence-electron chi connectivity index (χ3n) is 4.28. The number of benzene rings is 2. The van der Waals surface area contributed by atoms with Gasteiger partial charge in [-0.15, -0.1) is 0 Å². The number of hydrogen-bond acceptors (Lipinski definition) is 3. The van der Waals surface area contributed by atoms with Crippen molar-refractivity contribution in [2.45, 2.75) is 20.0 Å². The van der Waals surface area contributed by atoms with Crippen molar-refractivity contribution in [2.24, 2.45) is 4.99 Å². The van der Waals surface area contributed by atoms with Crippen molar-refractivity contribution in [3.8, 4) is 0 Å². The fraction of sp³-hybridized carbons (Fsp3) is 0.364. The highest BCUT2D eigenvalue weighted by molar-refractivity contribution is 5.93. The zero-order valence-corrected chi connectivity index (χ0v) is 17.5. The molecule has 0 aromatic heterocycles. The lowest BCUT2D eigenvalue weighted by Gasteiger charge is -2.14.